The minimum Gasteiger partial charge on any atom is -0.329 e. The van der Waals surface area contributed by atoms with Crippen LogP contribution in [-0.4, -0.2) is 6.54 Å². The summed E-state index contributed by atoms with van der Waals surface area (Å²) in [6, 6.07) is 13.5. The Morgan fingerprint density at radius 2 is 2.00 bits per heavy atom. The monoisotopic (exact) mass is 272 g/mol. The van der Waals surface area contributed by atoms with Crippen molar-refractivity contribution in [2.75, 3.05) is 6.54 Å². The summed E-state index contributed by atoms with van der Waals surface area (Å²) in [6.45, 7) is 1.53. The Kier molecular flexibility index (Phi) is 3.97. The van der Waals surface area contributed by atoms with Crippen molar-refractivity contribution in [3.63, 3.8) is 0 Å². The van der Waals surface area contributed by atoms with E-state index in [0.717, 1.165) is 12.5 Å². The van der Waals surface area contributed by atoms with Gasteiger partial charge < -0.3 is 11.1 Å². The molecule has 0 bridgehead atoms. The fourth-order valence-electron chi connectivity index (χ4n) is 2.39. The number of thiophene rings is 1. The Labute approximate surface area is 118 Å². The van der Waals surface area contributed by atoms with Crippen LogP contribution in [0.2, 0.25) is 0 Å². The first kappa shape index (κ1) is 12.9. The van der Waals surface area contributed by atoms with Crippen LogP contribution in [0.4, 0.5) is 0 Å². The first-order valence-electron chi connectivity index (χ1n) is 6.92. The molecular weight excluding hydrogens is 252 g/mol. The minimum atomic E-state index is 0.246. The van der Waals surface area contributed by atoms with Crippen LogP contribution in [0.5, 0.6) is 0 Å². The molecule has 1 aromatic heterocycles. The highest BCUT2D eigenvalue weighted by atomic mass is 32.1. The molecule has 1 heterocycles. The number of nitrogens with one attached hydrogen (secondary N) is 1. The van der Waals surface area contributed by atoms with Gasteiger partial charge in [0.05, 0.1) is 0 Å². The first-order valence-corrected chi connectivity index (χ1v) is 7.80. The molecular formula is C16H20N2S. The van der Waals surface area contributed by atoms with E-state index in [-0.39, 0.29) is 6.04 Å². The van der Waals surface area contributed by atoms with Gasteiger partial charge in [0.2, 0.25) is 0 Å². The second-order valence-corrected chi connectivity index (χ2v) is 6.22. The van der Waals surface area contributed by atoms with Crippen molar-refractivity contribution in [2.24, 2.45) is 5.73 Å². The zero-order valence-corrected chi connectivity index (χ0v) is 11.8. The second kappa shape index (κ2) is 5.87. The second-order valence-electron chi connectivity index (χ2n) is 5.19. The highest BCUT2D eigenvalue weighted by Crippen LogP contribution is 2.40. The van der Waals surface area contributed by atoms with Gasteiger partial charge in [0, 0.05) is 24.0 Å². The summed E-state index contributed by atoms with van der Waals surface area (Å²) in [5.41, 5.74) is 8.67. The Bertz CT molecular complexity index is 500. The molecule has 1 aliphatic rings. The summed E-state index contributed by atoms with van der Waals surface area (Å²) in [5.74, 6) is 0.824. The molecule has 0 radical (unpaired) electrons. The highest BCUT2D eigenvalue weighted by molar-refractivity contribution is 7.09. The van der Waals surface area contributed by atoms with Gasteiger partial charge in [-0.1, -0.05) is 30.3 Å². The average molecular weight is 272 g/mol. The Morgan fingerprint density at radius 1 is 1.21 bits per heavy atom. The van der Waals surface area contributed by atoms with Crippen molar-refractivity contribution >= 4 is 11.3 Å². The molecule has 1 atom stereocenters. The molecule has 3 rings (SSSR count). The van der Waals surface area contributed by atoms with E-state index in [0.29, 0.717) is 6.54 Å². The fraction of sp³-hybridized carbons (Fsp3) is 0.375. The lowest BCUT2D eigenvalue weighted by molar-refractivity contribution is 0.545. The maximum absolute atomic E-state index is 5.90. The maximum atomic E-state index is 5.90. The summed E-state index contributed by atoms with van der Waals surface area (Å²) in [7, 11) is 0. The minimum absolute atomic E-state index is 0.246. The third-order valence-corrected chi connectivity index (χ3v) is 4.60. The molecule has 3 heteroatoms. The van der Waals surface area contributed by atoms with Crippen LogP contribution in [0.3, 0.4) is 0 Å². The van der Waals surface area contributed by atoms with Crippen LogP contribution < -0.4 is 11.1 Å². The van der Waals surface area contributed by atoms with E-state index in [2.05, 4.69) is 47.1 Å². The fourth-order valence-corrected chi connectivity index (χ4v) is 3.05. The third-order valence-electron chi connectivity index (χ3n) is 3.73. The summed E-state index contributed by atoms with van der Waals surface area (Å²) in [4.78, 5) is 1.35. The quantitative estimate of drug-likeness (QED) is 0.845. The van der Waals surface area contributed by atoms with Crippen LogP contribution in [0.1, 0.15) is 40.8 Å². The van der Waals surface area contributed by atoms with Gasteiger partial charge in [-0.15, -0.1) is 11.3 Å². The topological polar surface area (TPSA) is 38.0 Å². The van der Waals surface area contributed by atoms with Crippen molar-refractivity contribution in [1.29, 1.82) is 0 Å². The van der Waals surface area contributed by atoms with Crippen LogP contribution in [0.25, 0.3) is 0 Å². The van der Waals surface area contributed by atoms with Crippen molar-refractivity contribution in [3.8, 4) is 0 Å². The molecule has 1 saturated carbocycles. The Hall–Kier alpha value is -1.16. The first-order chi connectivity index (χ1) is 9.36. The predicted molar refractivity (Wildman–Crippen MR) is 81.4 cm³/mol. The summed E-state index contributed by atoms with van der Waals surface area (Å²) < 4.78 is 0. The van der Waals surface area contributed by atoms with Crippen molar-refractivity contribution in [1.82, 2.24) is 5.32 Å². The largest absolute Gasteiger partial charge is 0.329 e. The molecule has 3 N–H and O–H groups in total. The SMILES string of the molecule is NCC(NCc1cccs1)c1ccc(C2CC2)cc1. The van der Waals surface area contributed by atoms with E-state index in [4.69, 9.17) is 5.73 Å². The highest BCUT2D eigenvalue weighted by Gasteiger charge is 2.23. The molecule has 1 unspecified atom stereocenters. The molecule has 0 aliphatic heterocycles. The normalized spacial score (nSPS) is 16.5. The van der Waals surface area contributed by atoms with Gasteiger partial charge in [-0.25, -0.2) is 0 Å². The molecule has 19 heavy (non-hydrogen) atoms. The van der Waals surface area contributed by atoms with E-state index >= 15 is 0 Å². The predicted octanol–water partition coefficient (Wildman–Crippen LogP) is 3.42. The Morgan fingerprint density at radius 3 is 2.58 bits per heavy atom. The number of nitrogens with two attached hydrogens (primary N) is 1. The lowest BCUT2D eigenvalue weighted by atomic mass is 10.0. The van der Waals surface area contributed by atoms with Gasteiger partial charge in [0.1, 0.15) is 0 Å². The number of rotatable bonds is 6. The lowest BCUT2D eigenvalue weighted by Crippen LogP contribution is -2.27. The molecule has 1 aromatic carbocycles. The van der Waals surface area contributed by atoms with Gasteiger partial charge in [0.25, 0.3) is 0 Å². The third kappa shape index (κ3) is 3.24. The average Bonchev–Trinajstić information content (AvgIpc) is 3.17. The lowest BCUT2D eigenvalue weighted by Gasteiger charge is -2.17. The van der Waals surface area contributed by atoms with Crippen LogP contribution in [0, 0.1) is 0 Å². The van der Waals surface area contributed by atoms with Gasteiger partial charge in [-0.3, -0.25) is 0 Å². The zero-order valence-electron chi connectivity index (χ0n) is 11.0. The van der Waals surface area contributed by atoms with Gasteiger partial charge in [-0.2, -0.15) is 0 Å². The molecule has 2 aromatic rings. The molecule has 1 fully saturated rings. The molecule has 0 amide bonds. The van der Waals surface area contributed by atoms with E-state index in [1.54, 1.807) is 11.3 Å². The van der Waals surface area contributed by atoms with Crippen LogP contribution in [-0.2, 0) is 6.54 Å². The van der Waals surface area contributed by atoms with E-state index < -0.39 is 0 Å². The van der Waals surface area contributed by atoms with Gasteiger partial charge in [-0.05, 0) is 41.3 Å². The van der Waals surface area contributed by atoms with Gasteiger partial charge >= 0.3 is 0 Å². The van der Waals surface area contributed by atoms with Crippen LogP contribution in [0.15, 0.2) is 41.8 Å². The smallest absolute Gasteiger partial charge is 0.0447 e. The summed E-state index contributed by atoms with van der Waals surface area (Å²) in [5, 5.41) is 5.65. The van der Waals surface area contributed by atoms with E-state index in [1.807, 2.05) is 0 Å². The molecule has 2 nitrogen and oxygen atoms in total. The zero-order chi connectivity index (χ0) is 13.1. The van der Waals surface area contributed by atoms with E-state index in [1.165, 1.54) is 28.8 Å². The molecule has 100 valence electrons. The van der Waals surface area contributed by atoms with Crippen molar-refractivity contribution in [2.45, 2.75) is 31.3 Å². The van der Waals surface area contributed by atoms with Crippen LogP contribution >= 0.6 is 11.3 Å². The standard InChI is InChI=1S/C16H20N2S/c17-10-16(18-11-15-2-1-9-19-15)14-7-5-13(6-8-14)12-3-4-12/h1-2,5-9,12,16,18H,3-4,10-11,17H2. The summed E-state index contributed by atoms with van der Waals surface area (Å²) in [6.07, 6.45) is 2.71. The molecule has 1 aliphatic carbocycles. The van der Waals surface area contributed by atoms with Crippen molar-refractivity contribution < 1.29 is 0 Å². The van der Waals surface area contributed by atoms with Crippen molar-refractivity contribution in [3.05, 3.63) is 57.8 Å². The summed E-state index contributed by atoms with van der Waals surface area (Å²) >= 11 is 1.78. The number of hydrogen-bond acceptors (Lipinski definition) is 3. The van der Waals surface area contributed by atoms with E-state index in [9.17, 15) is 0 Å². The maximum Gasteiger partial charge on any atom is 0.0447 e. The molecule has 0 saturated heterocycles. The molecule has 0 spiro atoms. The van der Waals surface area contributed by atoms with Gasteiger partial charge in [0.15, 0.2) is 0 Å². The number of hydrogen-bond donors (Lipinski definition) is 2. The Balaban J connectivity index is 1.63. The number of benzene rings is 1.